The van der Waals surface area contributed by atoms with E-state index in [1.54, 1.807) is 12.1 Å². The van der Waals surface area contributed by atoms with Crippen LogP contribution in [-0.2, 0) is 25.4 Å². The third-order valence-corrected chi connectivity index (χ3v) is 5.67. The molecule has 0 aromatic heterocycles. The van der Waals surface area contributed by atoms with E-state index in [-0.39, 0.29) is 18.3 Å². The Hall–Kier alpha value is -1.35. The minimum absolute atomic E-state index is 0.125. The Morgan fingerprint density at radius 1 is 0.806 bits per heavy atom. The van der Waals surface area contributed by atoms with Crippen molar-refractivity contribution in [1.82, 2.24) is 0 Å². The molecule has 5 nitrogen and oxygen atoms in total. The van der Waals surface area contributed by atoms with Crippen molar-refractivity contribution in [3.05, 3.63) is 29.8 Å². The summed E-state index contributed by atoms with van der Waals surface area (Å²) in [6.45, 7) is 5.03. The monoisotopic (exact) mass is 446 g/mol. The summed E-state index contributed by atoms with van der Waals surface area (Å²) in [5.74, 6) is 0.624. The number of benzene rings is 1. The first-order chi connectivity index (χ1) is 14.9. The molecule has 8 heteroatoms. The third kappa shape index (κ3) is 8.96. The van der Waals surface area contributed by atoms with Crippen molar-refractivity contribution in [2.45, 2.75) is 70.8 Å². The van der Waals surface area contributed by atoms with Crippen LogP contribution in [0.15, 0.2) is 24.3 Å². The Bertz CT molecular complexity index is 621. The van der Waals surface area contributed by atoms with Crippen LogP contribution in [0.5, 0.6) is 5.75 Å². The van der Waals surface area contributed by atoms with Gasteiger partial charge in [0.2, 0.25) is 0 Å². The van der Waals surface area contributed by atoms with Gasteiger partial charge >= 0.3 is 6.36 Å². The van der Waals surface area contributed by atoms with Crippen LogP contribution in [0.25, 0.3) is 0 Å². The molecule has 176 valence electrons. The van der Waals surface area contributed by atoms with Gasteiger partial charge in [-0.25, -0.2) is 0 Å². The van der Waals surface area contributed by atoms with Crippen LogP contribution in [0.4, 0.5) is 13.2 Å². The molecule has 0 atom stereocenters. The topological polar surface area (TPSA) is 46.2 Å². The Morgan fingerprint density at radius 3 is 1.90 bits per heavy atom. The van der Waals surface area contributed by atoms with E-state index in [4.69, 9.17) is 18.9 Å². The zero-order valence-corrected chi connectivity index (χ0v) is 18.1. The van der Waals surface area contributed by atoms with Crippen molar-refractivity contribution in [1.29, 1.82) is 0 Å². The number of hydrogen-bond acceptors (Lipinski definition) is 5. The van der Waals surface area contributed by atoms with Gasteiger partial charge < -0.3 is 23.7 Å². The van der Waals surface area contributed by atoms with E-state index in [1.807, 2.05) is 0 Å². The quantitative estimate of drug-likeness (QED) is 0.477. The molecule has 1 aromatic rings. The number of halogens is 3. The minimum atomic E-state index is -4.67. The molecular weight excluding hydrogens is 413 g/mol. The van der Waals surface area contributed by atoms with Gasteiger partial charge in [-0.15, -0.1) is 13.2 Å². The molecule has 0 amide bonds. The highest BCUT2D eigenvalue weighted by Crippen LogP contribution is 2.25. The van der Waals surface area contributed by atoms with Crippen molar-refractivity contribution in [2.75, 3.05) is 26.4 Å². The SMILES string of the molecule is CCCCC1COC(CCC2COC(CCc3ccc(OC(F)(F)F)cc3)OC2)OC1. The van der Waals surface area contributed by atoms with E-state index in [0.29, 0.717) is 37.9 Å². The smallest absolute Gasteiger partial charge is 0.406 e. The lowest BCUT2D eigenvalue weighted by Gasteiger charge is -2.32. The van der Waals surface area contributed by atoms with Gasteiger partial charge in [0.15, 0.2) is 12.6 Å². The maximum Gasteiger partial charge on any atom is 0.573 e. The molecule has 3 rings (SSSR count). The van der Waals surface area contributed by atoms with Crippen LogP contribution in [0.2, 0.25) is 0 Å². The summed E-state index contributed by atoms with van der Waals surface area (Å²) in [5.41, 5.74) is 0.910. The minimum Gasteiger partial charge on any atom is -0.406 e. The summed E-state index contributed by atoms with van der Waals surface area (Å²) >= 11 is 0. The summed E-state index contributed by atoms with van der Waals surface area (Å²) < 4.78 is 63.9. The number of alkyl halides is 3. The molecule has 2 saturated heterocycles. The summed E-state index contributed by atoms with van der Waals surface area (Å²) in [5, 5.41) is 0. The van der Waals surface area contributed by atoms with Gasteiger partial charge in [-0.05, 0) is 43.4 Å². The van der Waals surface area contributed by atoms with Crippen LogP contribution < -0.4 is 4.74 Å². The zero-order chi connectivity index (χ0) is 22.1. The van der Waals surface area contributed by atoms with Crippen molar-refractivity contribution < 1.29 is 36.9 Å². The number of aryl methyl sites for hydroxylation is 1. The van der Waals surface area contributed by atoms with E-state index >= 15 is 0 Å². The lowest BCUT2D eigenvalue weighted by molar-refractivity contribution is -0.274. The van der Waals surface area contributed by atoms with Crippen LogP contribution in [0.3, 0.4) is 0 Å². The molecule has 0 spiro atoms. The van der Waals surface area contributed by atoms with Crippen molar-refractivity contribution in [3.8, 4) is 5.75 Å². The Labute approximate surface area is 182 Å². The molecule has 0 aliphatic carbocycles. The first kappa shape index (κ1) is 24.3. The van der Waals surface area contributed by atoms with E-state index < -0.39 is 6.36 Å². The molecule has 31 heavy (non-hydrogen) atoms. The molecule has 0 radical (unpaired) electrons. The molecule has 2 fully saturated rings. The normalized spacial score (nSPS) is 27.2. The highest BCUT2D eigenvalue weighted by Gasteiger charge is 2.31. The summed E-state index contributed by atoms with van der Waals surface area (Å²) in [4.78, 5) is 0. The zero-order valence-electron chi connectivity index (χ0n) is 18.1. The van der Waals surface area contributed by atoms with E-state index in [9.17, 15) is 13.2 Å². The third-order valence-electron chi connectivity index (χ3n) is 5.67. The fourth-order valence-corrected chi connectivity index (χ4v) is 3.84. The second kappa shape index (κ2) is 12.0. The Morgan fingerprint density at radius 2 is 1.35 bits per heavy atom. The first-order valence-corrected chi connectivity index (χ1v) is 11.2. The van der Waals surface area contributed by atoms with Crippen LogP contribution in [0.1, 0.15) is 51.0 Å². The average Bonchev–Trinajstić information content (AvgIpc) is 2.76. The second-order valence-electron chi connectivity index (χ2n) is 8.37. The molecular formula is C23H33F3O5. The van der Waals surface area contributed by atoms with Crippen LogP contribution in [-0.4, -0.2) is 45.4 Å². The standard InChI is InChI=1S/C23H33F3O5/c1-2-3-4-18-13-27-22(28-14-18)12-8-19-15-29-21(30-16-19)11-7-17-5-9-20(10-6-17)31-23(24,25)26/h5-6,9-10,18-19,21-22H,2-4,7-8,11-16H2,1H3. The molecule has 0 N–H and O–H groups in total. The van der Waals surface area contributed by atoms with Gasteiger partial charge in [0.1, 0.15) is 5.75 Å². The van der Waals surface area contributed by atoms with Crippen molar-refractivity contribution in [3.63, 3.8) is 0 Å². The summed E-state index contributed by atoms with van der Waals surface area (Å²) in [6.07, 6.45) is 1.58. The highest BCUT2D eigenvalue weighted by molar-refractivity contribution is 5.27. The van der Waals surface area contributed by atoms with E-state index in [2.05, 4.69) is 11.7 Å². The maximum absolute atomic E-state index is 12.2. The predicted octanol–water partition coefficient (Wildman–Crippen LogP) is 5.47. The second-order valence-corrected chi connectivity index (χ2v) is 8.37. The van der Waals surface area contributed by atoms with Gasteiger partial charge in [-0.3, -0.25) is 0 Å². The highest BCUT2D eigenvalue weighted by atomic mass is 19.4. The Balaban J connectivity index is 1.27. The van der Waals surface area contributed by atoms with Gasteiger partial charge in [-0.1, -0.05) is 31.9 Å². The molecule has 1 aromatic carbocycles. The predicted molar refractivity (Wildman–Crippen MR) is 109 cm³/mol. The van der Waals surface area contributed by atoms with Gasteiger partial charge in [0.05, 0.1) is 26.4 Å². The molecule has 2 aliphatic heterocycles. The van der Waals surface area contributed by atoms with E-state index in [1.165, 1.54) is 31.4 Å². The largest absolute Gasteiger partial charge is 0.573 e. The molecule has 2 heterocycles. The summed E-state index contributed by atoms with van der Waals surface area (Å²) in [6, 6.07) is 5.90. The Kier molecular flexibility index (Phi) is 9.44. The van der Waals surface area contributed by atoms with E-state index in [0.717, 1.165) is 31.6 Å². The van der Waals surface area contributed by atoms with Gasteiger partial charge in [0.25, 0.3) is 0 Å². The fraction of sp³-hybridized carbons (Fsp3) is 0.739. The van der Waals surface area contributed by atoms with Crippen LogP contribution >= 0.6 is 0 Å². The van der Waals surface area contributed by atoms with Crippen LogP contribution in [0, 0.1) is 11.8 Å². The van der Waals surface area contributed by atoms with Crippen molar-refractivity contribution >= 4 is 0 Å². The first-order valence-electron chi connectivity index (χ1n) is 11.2. The fourth-order valence-electron chi connectivity index (χ4n) is 3.84. The molecule has 0 bridgehead atoms. The van der Waals surface area contributed by atoms with Gasteiger partial charge in [-0.2, -0.15) is 0 Å². The lowest BCUT2D eigenvalue weighted by atomic mass is 10.0. The maximum atomic E-state index is 12.2. The lowest BCUT2D eigenvalue weighted by Crippen LogP contribution is -2.35. The number of rotatable bonds is 10. The number of unbranched alkanes of at least 4 members (excludes halogenated alkanes) is 1. The van der Waals surface area contributed by atoms with Crippen molar-refractivity contribution in [2.24, 2.45) is 11.8 Å². The number of hydrogen-bond donors (Lipinski definition) is 0. The summed E-state index contributed by atoms with van der Waals surface area (Å²) in [7, 11) is 0. The number of ether oxygens (including phenoxy) is 5. The molecule has 0 saturated carbocycles. The molecule has 2 aliphatic rings. The average molecular weight is 447 g/mol. The van der Waals surface area contributed by atoms with Gasteiger partial charge in [0, 0.05) is 18.3 Å². The molecule has 0 unspecified atom stereocenters.